The molecule has 4 heteroatoms. The Hall–Kier alpha value is -1.71. The molecule has 0 spiro atoms. The van der Waals surface area contributed by atoms with Crippen LogP contribution in [0.5, 0.6) is 5.75 Å². The van der Waals surface area contributed by atoms with Crippen molar-refractivity contribution in [1.29, 1.82) is 0 Å². The quantitative estimate of drug-likeness (QED) is 0.834. The van der Waals surface area contributed by atoms with Gasteiger partial charge in [-0.1, -0.05) is 13.8 Å². The minimum Gasteiger partial charge on any atom is -0.488 e. The summed E-state index contributed by atoms with van der Waals surface area (Å²) < 4.78 is 6.04. The maximum atomic E-state index is 11.5. The van der Waals surface area contributed by atoms with E-state index in [1.165, 1.54) is 6.42 Å². The maximum Gasteiger partial charge on any atom is 0.251 e. The molecule has 20 heavy (non-hydrogen) atoms. The van der Waals surface area contributed by atoms with Gasteiger partial charge in [0.1, 0.15) is 5.75 Å². The van der Waals surface area contributed by atoms with Gasteiger partial charge in [0, 0.05) is 12.6 Å². The van der Waals surface area contributed by atoms with Gasteiger partial charge in [-0.05, 0) is 49.3 Å². The predicted molar refractivity (Wildman–Crippen MR) is 80.8 cm³/mol. The minimum atomic E-state index is -0.136. The predicted octanol–water partition coefficient (Wildman–Crippen LogP) is 2.83. The smallest absolute Gasteiger partial charge is 0.251 e. The number of nitrogen functional groups attached to an aromatic ring is 1. The van der Waals surface area contributed by atoms with E-state index in [-0.39, 0.29) is 12.0 Å². The first kappa shape index (κ1) is 14.7. The van der Waals surface area contributed by atoms with Crippen molar-refractivity contribution in [2.45, 2.75) is 39.2 Å². The van der Waals surface area contributed by atoms with Gasteiger partial charge in [0.2, 0.25) is 0 Å². The van der Waals surface area contributed by atoms with Crippen LogP contribution >= 0.6 is 0 Å². The van der Waals surface area contributed by atoms with E-state index in [1.54, 1.807) is 25.2 Å². The number of hydrogen-bond donors (Lipinski definition) is 2. The zero-order chi connectivity index (χ0) is 14.7. The summed E-state index contributed by atoms with van der Waals surface area (Å²) in [5, 5.41) is 2.59. The molecule has 0 radical (unpaired) electrons. The number of nitrogens with one attached hydrogen (secondary N) is 1. The average molecular weight is 276 g/mol. The lowest BCUT2D eigenvalue weighted by atomic mass is 9.82. The fourth-order valence-corrected chi connectivity index (χ4v) is 3.09. The Labute approximate surface area is 120 Å². The largest absolute Gasteiger partial charge is 0.488 e. The number of benzene rings is 1. The lowest BCUT2D eigenvalue weighted by molar-refractivity contribution is 0.0962. The van der Waals surface area contributed by atoms with Crippen molar-refractivity contribution < 1.29 is 9.53 Å². The molecule has 0 aromatic heterocycles. The van der Waals surface area contributed by atoms with Crippen LogP contribution in [0.2, 0.25) is 0 Å². The number of nitrogens with two attached hydrogens (primary N) is 1. The minimum absolute atomic E-state index is 0.136. The van der Waals surface area contributed by atoms with Gasteiger partial charge in [-0.15, -0.1) is 0 Å². The Balaban J connectivity index is 2.08. The number of amides is 1. The van der Waals surface area contributed by atoms with E-state index in [2.05, 4.69) is 19.2 Å². The van der Waals surface area contributed by atoms with Crippen LogP contribution in [0, 0.1) is 11.8 Å². The van der Waals surface area contributed by atoms with E-state index < -0.39 is 0 Å². The summed E-state index contributed by atoms with van der Waals surface area (Å²) in [4.78, 5) is 11.5. The Morgan fingerprint density at radius 2 is 1.90 bits per heavy atom. The van der Waals surface area contributed by atoms with Gasteiger partial charge in [0.05, 0.1) is 11.8 Å². The second-order valence-corrected chi connectivity index (χ2v) is 5.99. The summed E-state index contributed by atoms with van der Waals surface area (Å²) in [5.41, 5.74) is 7.08. The molecule has 2 unspecified atom stereocenters. The molecule has 1 aliphatic carbocycles. The van der Waals surface area contributed by atoms with Crippen molar-refractivity contribution in [3.63, 3.8) is 0 Å². The Morgan fingerprint density at radius 3 is 2.45 bits per heavy atom. The van der Waals surface area contributed by atoms with Gasteiger partial charge in [-0.3, -0.25) is 4.79 Å². The zero-order valence-corrected chi connectivity index (χ0v) is 12.5. The van der Waals surface area contributed by atoms with Gasteiger partial charge in [0.25, 0.3) is 5.91 Å². The van der Waals surface area contributed by atoms with Gasteiger partial charge >= 0.3 is 0 Å². The zero-order valence-electron chi connectivity index (χ0n) is 12.5. The van der Waals surface area contributed by atoms with Gasteiger partial charge in [-0.2, -0.15) is 0 Å². The number of carbonyl (C=O) groups excluding carboxylic acids is 1. The number of ether oxygens (including phenoxy) is 1. The molecule has 1 aromatic carbocycles. The average Bonchev–Trinajstić information content (AvgIpc) is 2.39. The van der Waals surface area contributed by atoms with E-state index in [0.717, 1.165) is 12.8 Å². The molecule has 4 nitrogen and oxygen atoms in total. The monoisotopic (exact) mass is 276 g/mol. The molecule has 1 saturated carbocycles. The molecule has 0 bridgehead atoms. The topological polar surface area (TPSA) is 64.3 Å². The summed E-state index contributed by atoms with van der Waals surface area (Å²) in [6.45, 7) is 4.54. The van der Waals surface area contributed by atoms with Crippen LogP contribution in [0.3, 0.4) is 0 Å². The van der Waals surface area contributed by atoms with Crippen LogP contribution in [0.25, 0.3) is 0 Å². The third-order valence-corrected chi connectivity index (χ3v) is 3.93. The Bertz CT molecular complexity index is 477. The highest BCUT2D eigenvalue weighted by atomic mass is 16.5. The standard InChI is InChI=1S/C16H24N2O2/c1-10-6-11(2)8-13(7-10)20-15-5-4-12(9-14(15)17)16(19)18-3/h4-5,9-11,13H,6-8,17H2,1-3H3,(H,18,19). The van der Waals surface area contributed by atoms with Crippen molar-refractivity contribution >= 4 is 11.6 Å². The lowest BCUT2D eigenvalue weighted by Gasteiger charge is -2.32. The maximum absolute atomic E-state index is 11.5. The van der Waals surface area contributed by atoms with Crippen molar-refractivity contribution in [3.8, 4) is 5.75 Å². The highest BCUT2D eigenvalue weighted by Crippen LogP contribution is 2.33. The summed E-state index contributed by atoms with van der Waals surface area (Å²) in [6, 6.07) is 5.22. The Morgan fingerprint density at radius 1 is 1.25 bits per heavy atom. The lowest BCUT2D eigenvalue weighted by Crippen LogP contribution is -2.28. The van der Waals surface area contributed by atoms with Gasteiger partial charge in [-0.25, -0.2) is 0 Å². The highest BCUT2D eigenvalue weighted by Gasteiger charge is 2.25. The van der Waals surface area contributed by atoms with E-state index in [4.69, 9.17) is 10.5 Å². The third kappa shape index (κ3) is 3.44. The molecule has 110 valence electrons. The van der Waals surface area contributed by atoms with Crippen LogP contribution in [-0.2, 0) is 0 Å². The molecular weight excluding hydrogens is 252 g/mol. The number of rotatable bonds is 3. The Kier molecular flexibility index (Phi) is 4.53. The van der Waals surface area contributed by atoms with Crippen LogP contribution in [0.1, 0.15) is 43.5 Å². The molecule has 2 atom stereocenters. The van der Waals surface area contributed by atoms with E-state index in [1.807, 2.05) is 0 Å². The van der Waals surface area contributed by atoms with Gasteiger partial charge in [0.15, 0.2) is 0 Å². The molecule has 1 fully saturated rings. The molecule has 3 N–H and O–H groups in total. The van der Waals surface area contributed by atoms with Crippen molar-refractivity contribution in [2.24, 2.45) is 11.8 Å². The van der Waals surface area contributed by atoms with E-state index >= 15 is 0 Å². The molecule has 0 saturated heterocycles. The molecule has 0 heterocycles. The fourth-order valence-electron chi connectivity index (χ4n) is 3.09. The summed E-state index contributed by atoms with van der Waals surface area (Å²) in [6.07, 6.45) is 3.63. The van der Waals surface area contributed by atoms with Crippen molar-refractivity contribution in [1.82, 2.24) is 5.32 Å². The van der Waals surface area contributed by atoms with Crippen LogP contribution in [0.15, 0.2) is 18.2 Å². The first-order valence-electron chi connectivity index (χ1n) is 7.27. The first-order valence-corrected chi connectivity index (χ1v) is 7.27. The second-order valence-electron chi connectivity index (χ2n) is 5.99. The molecule has 1 amide bonds. The van der Waals surface area contributed by atoms with Crippen LogP contribution in [-0.4, -0.2) is 19.1 Å². The SMILES string of the molecule is CNC(=O)c1ccc(OC2CC(C)CC(C)C2)c(N)c1. The number of hydrogen-bond acceptors (Lipinski definition) is 3. The van der Waals surface area contributed by atoms with E-state index in [9.17, 15) is 4.79 Å². The van der Waals surface area contributed by atoms with Gasteiger partial charge < -0.3 is 15.8 Å². The number of anilines is 1. The molecule has 0 aliphatic heterocycles. The molecule has 1 aliphatic rings. The fraction of sp³-hybridized carbons (Fsp3) is 0.562. The molecule has 1 aromatic rings. The van der Waals surface area contributed by atoms with E-state index in [0.29, 0.717) is 28.8 Å². The second kappa shape index (κ2) is 6.16. The number of carbonyl (C=O) groups is 1. The highest BCUT2D eigenvalue weighted by molar-refractivity contribution is 5.95. The van der Waals surface area contributed by atoms with Crippen LogP contribution in [0.4, 0.5) is 5.69 Å². The summed E-state index contributed by atoms with van der Waals surface area (Å²) >= 11 is 0. The van der Waals surface area contributed by atoms with Crippen molar-refractivity contribution in [3.05, 3.63) is 23.8 Å². The first-order chi connectivity index (χ1) is 9.49. The normalized spacial score (nSPS) is 26.1. The van der Waals surface area contributed by atoms with Crippen LogP contribution < -0.4 is 15.8 Å². The molecular formula is C16H24N2O2. The summed E-state index contributed by atoms with van der Waals surface area (Å²) in [7, 11) is 1.60. The third-order valence-electron chi connectivity index (χ3n) is 3.93. The summed E-state index contributed by atoms with van der Waals surface area (Å²) in [5.74, 6) is 1.93. The van der Waals surface area contributed by atoms with Crippen molar-refractivity contribution in [2.75, 3.05) is 12.8 Å². The molecule has 2 rings (SSSR count).